The Balaban J connectivity index is 2.04. The monoisotopic (exact) mass is 327 g/mol. The van der Waals surface area contributed by atoms with Gasteiger partial charge in [-0.05, 0) is 24.3 Å². The van der Waals surface area contributed by atoms with Gasteiger partial charge < -0.3 is 5.32 Å². The van der Waals surface area contributed by atoms with E-state index in [1.807, 2.05) is 65.5 Å². The van der Waals surface area contributed by atoms with E-state index in [1.54, 1.807) is 0 Å². The molecule has 0 aliphatic heterocycles. The summed E-state index contributed by atoms with van der Waals surface area (Å²) in [6.07, 6.45) is 1.82. The first-order chi connectivity index (χ1) is 10.7. The second-order valence-electron chi connectivity index (χ2n) is 4.75. The number of nitrogens with zero attached hydrogens (tertiary/aromatic N) is 1. The molecule has 1 heterocycles. The standard InChI is InChI=1S/C17H14ClN3S/c1-12-14(11-19-16-10-6-5-9-15(16)18)17(22)21(20-12)13-7-3-2-4-8-13/h2-11,19-20H,1H2/b14-11-. The summed E-state index contributed by atoms with van der Waals surface area (Å²) >= 11 is 11.7. The molecular formula is C17H14ClN3S. The molecule has 0 radical (unpaired) electrons. The molecule has 0 aliphatic rings. The molecule has 0 unspecified atom stereocenters. The van der Waals surface area contributed by atoms with Crippen LogP contribution in [0.2, 0.25) is 5.02 Å². The van der Waals surface area contributed by atoms with Gasteiger partial charge in [0.2, 0.25) is 0 Å². The lowest BCUT2D eigenvalue weighted by molar-refractivity contribution is 0.857. The quantitative estimate of drug-likeness (QED) is 0.722. The summed E-state index contributed by atoms with van der Waals surface area (Å²) < 4.78 is 2.49. The number of halogens is 1. The maximum atomic E-state index is 6.13. The minimum absolute atomic E-state index is 0.654. The highest BCUT2D eigenvalue weighted by atomic mass is 35.5. The molecule has 0 bridgehead atoms. The lowest BCUT2D eigenvalue weighted by atomic mass is 10.3. The van der Waals surface area contributed by atoms with Crippen molar-refractivity contribution in [3.05, 3.63) is 74.8 Å². The van der Waals surface area contributed by atoms with Gasteiger partial charge in [-0.3, -0.25) is 5.10 Å². The van der Waals surface area contributed by atoms with E-state index in [4.69, 9.17) is 23.8 Å². The molecule has 22 heavy (non-hydrogen) atoms. The third kappa shape index (κ3) is 2.84. The van der Waals surface area contributed by atoms with Gasteiger partial charge in [-0.1, -0.05) is 60.7 Å². The Morgan fingerprint density at radius 1 is 1.09 bits per heavy atom. The van der Waals surface area contributed by atoms with Crippen LogP contribution in [0.25, 0.3) is 18.5 Å². The predicted molar refractivity (Wildman–Crippen MR) is 95.3 cm³/mol. The molecule has 2 aromatic carbocycles. The second kappa shape index (κ2) is 6.22. The predicted octanol–water partition coefficient (Wildman–Crippen LogP) is 3.45. The van der Waals surface area contributed by atoms with Crippen molar-refractivity contribution >= 4 is 42.3 Å². The van der Waals surface area contributed by atoms with Gasteiger partial charge in [0.05, 0.1) is 27.0 Å². The highest BCUT2D eigenvalue weighted by Crippen LogP contribution is 2.20. The van der Waals surface area contributed by atoms with Gasteiger partial charge in [-0.2, -0.15) is 0 Å². The van der Waals surface area contributed by atoms with Gasteiger partial charge in [0.15, 0.2) is 0 Å². The van der Waals surface area contributed by atoms with Gasteiger partial charge in [0.25, 0.3) is 0 Å². The number of nitrogens with one attached hydrogen (secondary N) is 2. The van der Waals surface area contributed by atoms with Gasteiger partial charge in [0, 0.05) is 6.20 Å². The van der Waals surface area contributed by atoms with E-state index in [0.29, 0.717) is 9.66 Å². The molecule has 3 nitrogen and oxygen atoms in total. The number of hydrogen-bond acceptors (Lipinski definition) is 2. The average Bonchev–Trinajstić information content (AvgIpc) is 2.82. The minimum Gasteiger partial charge on any atom is -0.360 e. The van der Waals surface area contributed by atoms with E-state index >= 15 is 0 Å². The van der Waals surface area contributed by atoms with E-state index < -0.39 is 0 Å². The van der Waals surface area contributed by atoms with Crippen LogP contribution in [-0.4, -0.2) is 9.78 Å². The average molecular weight is 328 g/mol. The van der Waals surface area contributed by atoms with Crippen LogP contribution in [0.3, 0.4) is 0 Å². The summed E-state index contributed by atoms with van der Waals surface area (Å²) in [6.45, 7) is 4.01. The number of anilines is 1. The molecule has 110 valence electrons. The first kappa shape index (κ1) is 14.6. The third-order valence-corrected chi connectivity index (χ3v) is 4.00. The Kier molecular flexibility index (Phi) is 4.13. The fourth-order valence-electron chi connectivity index (χ4n) is 2.13. The van der Waals surface area contributed by atoms with Crippen LogP contribution in [0.1, 0.15) is 0 Å². The fraction of sp³-hybridized carbons (Fsp3) is 0. The molecule has 1 aromatic heterocycles. The number of H-pyrrole nitrogens is 1. The van der Waals surface area contributed by atoms with Gasteiger partial charge >= 0.3 is 0 Å². The number of aromatic amines is 1. The lowest BCUT2D eigenvalue weighted by Crippen LogP contribution is -2.22. The molecule has 3 rings (SSSR count). The van der Waals surface area contributed by atoms with Crippen molar-refractivity contribution in [2.24, 2.45) is 0 Å². The SMILES string of the molecule is C=c1[nH]n(-c2ccccc2)c(=S)/c1=C\Nc1ccccc1Cl. The van der Waals surface area contributed by atoms with Gasteiger partial charge in [-0.15, -0.1) is 0 Å². The number of para-hydroxylation sites is 2. The van der Waals surface area contributed by atoms with Crippen molar-refractivity contribution in [3.8, 4) is 5.69 Å². The molecule has 0 spiro atoms. The molecule has 0 atom stereocenters. The topological polar surface area (TPSA) is 32.8 Å². The molecule has 2 N–H and O–H groups in total. The van der Waals surface area contributed by atoms with E-state index in [1.165, 1.54) is 0 Å². The van der Waals surface area contributed by atoms with Crippen molar-refractivity contribution in [1.82, 2.24) is 9.78 Å². The smallest absolute Gasteiger partial charge is 0.136 e. The van der Waals surface area contributed by atoms with Crippen LogP contribution in [0.15, 0.2) is 54.6 Å². The van der Waals surface area contributed by atoms with Crippen LogP contribution in [0, 0.1) is 4.64 Å². The number of benzene rings is 2. The zero-order valence-electron chi connectivity index (χ0n) is 11.7. The van der Waals surface area contributed by atoms with E-state index in [-0.39, 0.29) is 0 Å². The molecule has 0 fully saturated rings. The summed E-state index contributed by atoms with van der Waals surface area (Å²) in [5.74, 6) is 0. The Labute approximate surface area is 138 Å². The molecule has 0 amide bonds. The van der Waals surface area contributed by atoms with Crippen LogP contribution in [0.5, 0.6) is 0 Å². The molecule has 0 saturated heterocycles. The molecule has 3 aromatic rings. The molecule has 5 heteroatoms. The summed E-state index contributed by atoms with van der Waals surface area (Å²) in [7, 11) is 0. The van der Waals surface area contributed by atoms with Crippen molar-refractivity contribution in [2.75, 3.05) is 5.32 Å². The fourth-order valence-corrected chi connectivity index (χ4v) is 2.65. The van der Waals surface area contributed by atoms with Crippen LogP contribution < -0.4 is 15.9 Å². The van der Waals surface area contributed by atoms with Crippen molar-refractivity contribution in [2.45, 2.75) is 0 Å². The van der Waals surface area contributed by atoms with E-state index in [2.05, 4.69) is 17.0 Å². The van der Waals surface area contributed by atoms with Gasteiger partial charge in [0.1, 0.15) is 4.64 Å². The number of rotatable bonds is 3. The molecule has 0 saturated carbocycles. The maximum Gasteiger partial charge on any atom is 0.136 e. The summed E-state index contributed by atoms with van der Waals surface area (Å²) in [6, 6.07) is 17.4. The molecular weight excluding hydrogens is 314 g/mol. The highest BCUT2D eigenvalue weighted by Gasteiger charge is 2.01. The third-order valence-electron chi connectivity index (χ3n) is 3.27. The summed E-state index contributed by atoms with van der Waals surface area (Å²) in [5.41, 5.74) is 1.79. The highest BCUT2D eigenvalue weighted by molar-refractivity contribution is 7.71. The Morgan fingerprint density at radius 3 is 2.50 bits per heavy atom. The van der Waals surface area contributed by atoms with Crippen LogP contribution >= 0.6 is 23.8 Å². The van der Waals surface area contributed by atoms with Crippen molar-refractivity contribution in [3.63, 3.8) is 0 Å². The summed E-state index contributed by atoms with van der Waals surface area (Å²) in [5, 5.41) is 8.59. The van der Waals surface area contributed by atoms with Crippen LogP contribution in [-0.2, 0) is 0 Å². The second-order valence-corrected chi connectivity index (χ2v) is 5.54. The van der Waals surface area contributed by atoms with Gasteiger partial charge in [-0.25, -0.2) is 4.68 Å². The van der Waals surface area contributed by atoms with Crippen molar-refractivity contribution in [1.29, 1.82) is 0 Å². The Bertz CT molecular complexity index is 958. The summed E-state index contributed by atoms with van der Waals surface area (Å²) in [4.78, 5) is 0. The first-order valence-electron chi connectivity index (χ1n) is 6.73. The zero-order valence-corrected chi connectivity index (χ0v) is 13.3. The minimum atomic E-state index is 0.654. The normalized spacial score (nSPS) is 11.6. The van der Waals surface area contributed by atoms with Crippen molar-refractivity contribution < 1.29 is 0 Å². The largest absolute Gasteiger partial charge is 0.360 e. The lowest BCUT2D eigenvalue weighted by Gasteiger charge is -2.02. The van der Waals surface area contributed by atoms with E-state index in [9.17, 15) is 0 Å². The zero-order chi connectivity index (χ0) is 15.5. The number of aromatic nitrogens is 2. The van der Waals surface area contributed by atoms with E-state index in [0.717, 1.165) is 21.9 Å². The maximum absolute atomic E-state index is 6.13. The Morgan fingerprint density at radius 2 is 1.77 bits per heavy atom. The number of hydrogen-bond donors (Lipinski definition) is 2. The first-order valence-corrected chi connectivity index (χ1v) is 7.52. The van der Waals surface area contributed by atoms with Crippen LogP contribution in [0.4, 0.5) is 5.69 Å². The Hall–Kier alpha value is -2.30. The molecule has 0 aliphatic carbocycles.